The third-order valence-electron chi connectivity index (χ3n) is 5.19. The van der Waals surface area contributed by atoms with E-state index in [-0.39, 0.29) is 5.91 Å². The van der Waals surface area contributed by atoms with E-state index in [0.29, 0.717) is 34.6 Å². The van der Waals surface area contributed by atoms with Gasteiger partial charge in [-0.15, -0.1) is 0 Å². The van der Waals surface area contributed by atoms with Gasteiger partial charge in [-0.05, 0) is 42.8 Å². The Kier molecular flexibility index (Phi) is 8.72. The fourth-order valence-electron chi connectivity index (χ4n) is 3.27. The van der Waals surface area contributed by atoms with Crippen LogP contribution in [0.3, 0.4) is 0 Å². The van der Waals surface area contributed by atoms with Crippen LogP contribution in [0.1, 0.15) is 15.9 Å². The number of guanidine groups is 1. The van der Waals surface area contributed by atoms with E-state index in [1.54, 1.807) is 25.3 Å². The van der Waals surface area contributed by atoms with Crippen LogP contribution in [-0.2, 0) is 4.74 Å². The van der Waals surface area contributed by atoms with E-state index in [1.807, 2.05) is 25.1 Å². The second-order valence-corrected chi connectivity index (χ2v) is 7.65. The van der Waals surface area contributed by atoms with Crippen molar-refractivity contribution in [3.8, 4) is 11.5 Å². The van der Waals surface area contributed by atoms with Crippen molar-refractivity contribution in [3.63, 3.8) is 0 Å². The van der Waals surface area contributed by atoms with Gasteiger partial charge in [0.05, 0.1) is 34.0 Å². The zero-order valence-electron chi connectivity index (χ0n) is 18.6. The summed E-state index contributed by atoms with van der Waals surface area (Å²) < 4.78 is 15.9. The van der Waals surface area contributed by atoms with E-state index >= 15 is 0 Å². The van der Waals surface area contributed by atoms with E-state index < -0.39 is 0 Å². The fourth-order valence-corrected chi connectivity index (χ4v) is 3.44. The van der Waals surface area contributed by atoms with Gasteiger partial charge in [0.25, 0.3) is 5.91 Å². The topological polar surface area (TPSA) is 84.4 Å². The van der Waals surface area contributed by atoms with Crippen molar-refractivity contribution in [2.24, 2.45) is 4.99 Å². The molecule has 3 rings (SSSR count). The monoisotopic (exact) mass is 460 g/mol. The maximum Gasteiger partial charge on any atom is 0.258 e. The second kappa shape index (κ2) is 11.7. The number of hydrogen-bond donors (Lipinski definition) is 2. The Labute approximate surface area is 193 Å². The zero-order chi connectivity index (χ0) is 22.9. The first kappa shape index (κ1) is 23.8. The Morgan fingerprint density at radius 2 is 1.91 bits per heavy atom. The molecule has 8 nitrogen and oxygen atoms in total. The molecule has 2 aromatic carbocycles. The maximum absolute atomic E-state index is 12.9. The van der Waals surface area contributed by atoms with Crippen molar-refractivity contribution >= 4 is 29.2 Å². The molecule has 9 heteroatoms. The van der Waals surface area contributed by atoms with Crippen LogP contribution in [-0.4, -0.2) is 70.4 Å². The molecule has 1 heterocycles. The number of carbonyl (C=O) groups is 1. The standard InChI is InChI=1S/C23H29ClN4O4/c1-16-18(24)5-4-6-19(16)26-23(25-9-10-28-11-13-32-14-12-28)27-22(29)17-7-8-20(30-2)21(15-17)31-3/h4-8,15H,9-14H2,1-3H3,(H2,25,26,27,29). The summed E-state index contributed by atoms with van der Waals surface area (Å²) in [5.74, 6) is 1.06. The highest BCUT2D eigenvalue weighted by Gasteiger charge is 2.15. The molecule has 1 aliphatic heterocycles. The molecule has 1 aliphatic rings. The number of benzene rings is 2. The van der Waals surface area contributed by atoms with Gasteiger partial charge in [0.2, 0.25) is 5.96 Å². The molecular formula is C23H29ClN4O4. The Bertz CT molecular complexity index is 961. The Balaban J connectivity index is 1.76. The largest absolute Gasteiger partial charge is 0.493 e. The lowest BCUT2D eigenvalue weighted by Gasteiger charge is -2.25. The highest BCUT2D eigenvalue weighted by Crippen LogP contribution is 2.27. The molecule has 0 aliphatic carbocycles. The zero-order valence-corrected chi connectivity index (χ0v) is 19.4. The quantitative estimate of drug-likeness (QED) is 0.487. The first-order valence-corrected chi connectivity index (χ1v) is 10.8. The van der Waals surface area contributed by atoms with Gasteiger partial charge in [-0.25, -0.2) is 0 Å². The van der Waals surface area contributed by atoms with E-state index in [0.717, 1.165) is 44.1 Å². The van der Waals surface area contributed by atoms with Gasteiger partial charge in [0, 0.05) is 35.9 Å². The van der Waals surface area contributed by atoms with Gasteiger partial charge < -0.3 is 19.5 Å². The molecule has 0 radical (unpaired) electrons. The number of nitrogens with zero attached hydrogens (tertiary/aromatic N) is 2. The van der Waals surface area contributed by atoms with Gasteiger partial charge in [-0.3, -0.25) is 20.0 Å². The van der Waals surface area contributed by atoms with Gasteiger partial charge >= 0.3 is 0 Å². The SMILES string of the molecule is COc1ccc(C(=O)NC(=NCCN2CCOCC2)Nc2cccc(Cl)c2C)cc1OC. The number of morpholine rings is 1. The molecule has 0 spiro atoms. The lowest BCUT2D eigenvalue weighted by Crippen LogP contribution is -2.39. The van der Waals surface area contributed by atoms with Crippen LogP contribution in [0.4, 0.5) is 5.69 Å². The summed E-state index contributed by atoms with van der Waals surface area (Å²) in [4.78, 5) is 19.8. The van der Waals surface area contributed by atoms with Crippen LogP contribution in [0.25, 0.3) is 0 Å². The van der Waals surface area contributed by atoms with Crippen LogP contribution < -0.4 is 20.1 Å². The number of hydrogen-bond acceptors (Lipinski definition) is 6. The molecule has 0 saturated carbocycles. The highest BCUT2D eigenvalue weighted by atomic mass is 35.5. The Morgan fingerprint density at radius 1 is 1.16 bits per heavy atom. The van der Waals surface area contributed by atoms with E-state index in [4.69, 9.17) is 25.8 Å². The van der Waals surface area contributed by atoms with Gasteiger partial charge in [0.1, 0.15) is 0 Å². The number of anilines is 1. The molecule has 0 bridgehead atoms. The Morgan fingerprint density at radius 3 is 2.62 bits per heavy atom. The number of rotatable bonds is 7. The van der Waals surface area contributed by atoms with Crippen molar-refractivity contribution in [1.82, 2.24) is 10.2 Å². The molecule has 1 saturated heterocycles. The summed E-state index contributed by atoms with van der Waals surface area (Å²) in [6, 6.07) is 10.5. The summed E-state index contributed by atoms with van der Waals surface area (Å²) in [6.07, 6.45) is 0. The van der Waals surface area contributed by atoms with Crippen molar-refractivity contribution in [2.75, 3.05) is 58.9 Å². The fraction of sp³-hybridized carbons (Fsp3) is 0.391. The predicted molar refractivity (Wildman–Crippen MR) is 126 cm³/mol. The summed E-state index contributed by atoms with van der Waals surface area (Å²) in [6.45, 7) is 6.42. The lowest BCUT2D eigenvalue weighted by molar-refractivity contribution is 0.0394. The van der Waals surface area contributed by atoms with Gasteiger partial charge in [0.15, 0.2) is 11.5 Å². The normalized spacial score (nSPS) is 14.7. The minimum absolute atomic E-state index is 0.316. The van der Waals surface area contributed by atoms with Crippen LogP contribution >= 0.6 is 11.6 Å². The maximum atomic E-state index is 12.9. The number of halogens is 1. The number of aliphatic imine (C=N–C) groups is 1. The summed E-state index contributed by atoms with van der Waals surface area (Å²) in [5, 5.41) is 6.72. The molecule has 0 aromatic heterocycles. The minimum Gasteiger partial charge on any atom is -0.493 e. The number of carbonyl (C=O) groups excluding carboxylic acids is 1. The van der Waals surface area contributed by atoms with Crippen LogP contribution in [0, 0.1) is 6.92 Å². The first-order valence-electron chi connectivity index (χ1n) is 10.4. The molecular weight excluding hydrogens is 432 g/mol. The molecule has 32 heavy (non-hydrogen) atoms. The third-order valence-corrected chi connectivity index (χ3v) is 5.60. The molecule has 1 fully saturated rings. The lowest BCUT2D eigenvalue weighted by atomic mass is 10.2. The van der Waals surface area contributed by atoms with Crippen molar-refractivity contribution < 1.29 is 19.0 Å². The smallest absolute Gasteiger partial charge is 0.258 e. The average molecular weight is 461 g/mol. The van der Waals surface area contributed by atoms with Crippen LogP contribution in [0.15, 0.2) is 41.4 Å². The number of amides is 1. The van der Waals surface area contributed by atoms with Crippen molar-refractivity contribution in [1.29, 1.82) is 0 Å². The van der Waals surface area contributed by atoms with Gasteiger partial charge in [-0.1, -0.05) is 17.7 Å². The molecule has 2 aromatic rings. The second-order valence-electron chi connectivity index (χ2n) is 7.25. The van der Waals surface area contributed by atoms with Crippen molar-refractivity contribution in [3.05, 3.63) is 52.5 Å². The third kappa shape index (κ3) is 6.35. The summed E-state index contributed by atoms with van der Waals surface area (Å²) >= 11 is 6.26. The number of ether oxygens (including phenoxy) is 3. The average Bonchev–Trinajstić information content (AvgIpc) is 2.82. The number of nitrogens with one attached hydrogen (secondary N) is 2. The molecule has 1 amide bonds. The van der Waals surface area contributed by atoms with Crippen molar-refractivity contribution in [2.45, 2.75) is 6.92 Å². The summed E-state index contributed by atoms with van der Waals surface area (Å²) in [7, 11) is 3.08. The molecule has 2 N–H and O–H groups in total. The van der Waals surface area contributed by atoms with E-state index in [1.165, 1.54) is 7.11 Å². The minimum atomic E-state index is -0.316. The molecule has 0 atom stereocenters. The first-order chi connectivity index (χ1) is 15.5. The highest BCUT2D eigenvalue weighted by molar-refractivity contribution is 6.31. The number of methoxy groups -OCH3 is 2. The van der Waals surface area contributed by atoms with Gasteiger partial charge in [-0.2, -0.15) is 0 Å². The van der Waals surface area contributed by atoms with Crippen LogP contribution in [0.2, 0.25) is 5.02 Å². The summed E-state index contributed by atoms with van der Waals surface area (Å²) in [5.41, 5.74) is 2.07. The van der Waals surface area contributed by atoms with Crippen LogP contribution in [0.5, 0.6) is 11.5 Å². The predicted octanol–water partition coefficient (Wildman–Crippen LogP) is 3.20. The molecule has 172 valence electrons. The molecule has 0 unspecified atom stereocenters. The van der Waals surface area contributed by atoms with E-state index in [2.05, 4.69) is 20.5 Å². The van der Waals surface area contributed by atoms with E-state index in [9.17, 15) is 4.79 Å². The Hall–Kier alpha value is -2.81.